The smallest absolute Gasteiger partial charge is 0.241 e. The molecule has 2 bridgehead atoms. The third kappa shape index (κ3) is 3.18. The van der Waals surface area contributed by atoms with Gasteiger partial charge in [-0.3, -0.25) is 0 Å². The van der Waals surface area contributed by atoms with Crippen LogP contribution in [-0.4, -0.2) is 39.0 Å². The van der Waals surface area contributed by atoms with Crippen LogP contribution in [0.4, 0.5) is 0 Å². The van der Waals surface area contributed by atoms with E-state index < -0.39 is 10.0 Å². The molecule has 0 aromatic heterocycles. The molecule has 1 aromatic carbocycles. The summed E-state index contributed by atoms with van der Waals surface area (Å²) >= 11 is 3.31. The molecule has 2 aliphatic heterocycles. The van der Waals surface area contributed by atoms with Crippen molar-refractivity contribution in [2.24, 2.45) is 5.92 Å². The summed E-state index contributed by atoms with van der Waals surface area (Å²) in [6.45, 7) is 0.546. The minimum atomic E-state index is -3.43. The molecule has 0 spiro atoms. The van der Waals surface area contributed by atoms with Gasteiger partial charge in [0, 0.05) is 23.1 Å². The molecular weight excluding hydrogens is 352 g/mol. The van der Waals surface area contributed by atoms with E-state index in [0.29, 0.717) is 33.9 Å². The predicted octanol–water partition coefficient (Wildman–Crippen LogP) is 2.60. The Bertz CT molecular complexity index is 606. The lowest BCUT2D eigenvalue weighted by Gasteiger charge is -2.36. The normalized spacial score (nSPS) is 29.7. The molecule has 2 aliphatic rings. The lowest BCUT2D eigenvalue weighted by molar-refractivity contribution is 0.135. The highest BCUT2D eigenvalue weighted by molar-refractivity contribution is 9.10. The first-order valence-corrected chi connectivity index (χ1v) is 9.71. The van der Waals surface area contributed by atoms with Crippen LogP contribution in [-0.2, 0) is 10.0 Å². The molecule has 2 unspecified atom stereocenters. The fourth-order valence-electron chi connectivity index (χ4n) is 3.66. The van der Waals surface area contributed by atoms with Crippen molar-refractivity contribution in [3.63, 3.8) is 0 Å². The topological polar surface area (TPSA) is 49.4 Å². The number of fused-ring (bicyclic) bond motifs is 2. The Balaban J connectivity index is 1.64. The molecule has 6 heteroatoms. The lowest BCUT2D eigenvalue weighted by Crippen LogP contribution is -2.43. The van der Waals surface area contributed by atoms with Crippen LogP contribution in [0.3, 0.4) is 0 Å². The molecule has 1 aromatic rings. The quantitative estimate of drug-likeness (QED) is 0.883. The van der Waals surface area contributed by atoms with E-state index in [0.717, 1.165) is 12.8 Å². The highest BCUT2D eigenvalue weighted by Gasteiger charge is 2.38. The first-order chi connectivity index (χ1) is 9.97. The number of sulfonamides is 1. The number of benzene rings is 1. The van der Waals surface area contributed by atoms with Crippen LogP contribution in [0.1, 0.15) is 25.7 Å². The molecule has 4 nitrogen and oxygen atoms in total. The van der Waals surface area contributed by atoms with Gasteiger partial charge in [0.2, 0.25) is 10.0 Å². The molecule has 21 heavy (non-hydrogen) atoms. The third-order valence-corrected chi connectivity index (χ3v) is 7.32. The van der Waals surface area contributed by atoms with Crippen molar-refractivity contribution in [3.05, 3.63) is 28.7 Å². The van der Waals surface area contributed by atoms with E-state index in [1.807, 2.05) is 6.07 Å². The van der Waals surface area contributed by atoms with Gasteiger partial charge in [-0.2, -0.15) is 0 Å². The molecule has 0 saturated carbocycles. The maximum Gasteiger partial charge on any atom is 0.241 e. The second kappa shape index (κ2) is 5.99. The SMILES string of the molecule is CN1C2CCC1CC(CNS(=O)(=O)c1ccccc1Br)C2. The van der Waals surface area contributed by atoms with Crippen molar-refractivity contribution in [1.29, 1.82) is 0 Å². The Labute approximate surface area is 135 Å². The van der Waals surface area contributed by atoms with Crippen LogP contribution in [0.5, 0.6) is 0 Å². The van der Waals surface area contributed by atoms with Crippen LogP contribution < -0.4 is 4.72 Å². The summed E-state index contributed by atoms with van der Waals surface area (Å²) in [5, 5.41) is 0. The lowest BCUT2D eigenvalue weighted by atomic mass is 9.91. The number of hydrogen-bond donors (Lipinski definition) is 1. The van der Waals surface area contributed by atoms with E-state index in [9.17, 15) is 8.42 Å². The maximum atomic E-state index is 12.4. The molecule has 2 fully saturated rings. The second-order valence-corrected chi connectivity index (χ2v) is 8.76. The van der Waals surface area contributed by atoms with Crippen LogP contribution >= 0.6 is 15.9 Å². The summed E-state index contributed by atoms with van der Waals surface area (Å²) in [6, 6.07) is 8.23. The maximum absolute atomic E-state index is 12.4. The van der Waals surface area contributed by atoms with Crippen LogP contribution in [0, 0.1) is 5.92 Å². The highest BCUT2D eigenvalue weighted by Crippen LogP contribution is 2.37. The third-order valence-electron chi connectivity index (χ3n) is 4.88. The van der Waals surface area contributed by atoms with Gasteiger partial charge in [0.05, 0.1) is 4.90 Å². The molecule has 2 heterocycles. The molecule has 3 rings (SSSR count). The van der Waals surface area contributed by atoms with Crippen molar-refractivity contribution < 1.29 is 8.42 Å². The highest BCUT2D eigenvalue weighted by atomic mass is 79.9. The molecular formula is C15H21BrN2O2S. The van der Waals surface area contributed by atoms with Crippen LogP contribution in [0.2, 0.25) is 0 Å². The zero-order valence-corrected chi connectivity index (χ0v) is 14.5. The summed E-state index contributed by atoms with van der Waals surface area (Å²) in [5.41, 5.74) is 0. The van der Waals surface area contributed by atoms with Crippen molar-refractivity contribution in [1.82, 2.24) is 9.62 Å². The van der Waals surface area contributed by atoms with Gasteiger partial charge < -0.3 is 4.90 Å². The summed E-state index contributed by atoms with van der Waals surface area (Å²) in [7, 11) is -1.23. The monoisotopic (exact) mass is 372 g/mol. The molecule has 116 valence electrons. The van der Waals surface area contributed by atoms with Crippen molar-refractivity contribution in [2.75, 3.05) is 13.6 Å². The molecule has 0 radical (unpaired) electrons. The minimum Gasteiger partial charge on any atom is -0.300 e. The second-order valence-electron chi connectivity index (χ2n) is 6.17. The number of hydrogen-bond acceptors (Lipinski definition) is 3. The average Bonchev–Trinajstić information content (AvgIpc) is 2.67. The van der Waals surface area contributed by atoms with E-state index in [1.54, 1.807) is 18.2 Å². The fourth-order valence-corrected chi connectivity index (χ4v) is 5.78. The zero-order chi connectivity index (χ0) is 15.0. The van der Waals surface area contributed by atoms with Gasteiger partial charge in [-0.05, 0) is 66.7 Å². The Hall–Kier alpha value is -0.430. The number of halogens is 1. The van der Waals surface area contributed by atoms with Gasteiger partial charge in [-0.15, -0.1) is 0 Å². The molecule has 2 atom stereocenters. The van der Waals surface area contributed by atoms with Gasteiger partial charge in [-0.1, -0.05) is 12.1 Å². The average molecular weight is 373 g/mol. The van der Waals surface area contributed by atoms with Crippen LogP contribution in [0.15, 0.2) is 33.6 Å². The molecule has 0 amide bonds. The van der Waals surface area contributed by atoms with Gasteiger partial charge in [0.25, 0.3) is 0 Å². The summed E-state index contributed by atoms with van der Waals surface area (Å²) in [5.74, 6) is 0.455. The number of rotatable bonds is 4. The number of nitrogens with zero attached hydrogens (tertiary/aromatic N) is 1. The standard InChI is InChI=1S/C15H21BrN2O2S/c1-18-12-6-7-13(18)9-11(8-12)10-17-21(19,20)15-5-3-2-4-14(15)16/h2-5,11-13,17H,6-10H2,1H3. The van der Waals surface area contributed by atoms with Crippen molar-refractivity contribution in [2.45, 2.75) is 42.7 Å². The van der Waals surface area contributed by atoms with Crippen LogP contribution in [0.25, 0.3) is 0 Å². The van der Waals surface area contributed by atoms with E-state index in [-0.39, 0.29) is 0 Å². The molecule has 2 saturated heterocycles. The Morgan fingerprint density at radius 2 is 1.86 bits per heavy atom. The first kappa shape index (κ1) is 15.5. The fraction of sp³-hybridized carbons (Fsp3) is 0.600. The first-order valence-electron chi connectivity index (χ1n) is 7.43. The van der Waals surface area contributed by atoms with Gasteiger partial charge in [0.1, 0.15) is 0 Å². The Kier molecular flexibility index (Phi) is 4.41. The molecule has 0 aliphatic carbocycles. The van der Waals surface area contributed by atoms with E-state index >= 15 is 0 Å². The largest absolute Gasteiger partial charge is 0.300 e. The summed E-state index contributed by atoms with van der Waals surface area (Å²) < 4.78 is 28.2. The Morgan fingerprint density at radius 3 is 2.48 bits per heavy atom. The zero-order valence-electron chi connectivity index (χ0n) is 12.1. The summed E-state index contributed by atoms with van der Waals surface area (Å²) in [4.78, 5) is 2.79. The van der Waals surface area contributed by atoms with E-state index in [4.69, 9.17) is 0 Å². The summed E-state index contributed by atoms with van der Waals surface area (Å²) in [6.07, 6.45) is 4.72. The van der Waals surface area contributed by atoms with Crippen molar-refractivity contribution >= 4 is 26.0 Å². The minimum absolute atomic E-state index is 0.320. The molecule has 1 N–H and O–H groups in total. The Morgan fingerprint density at radius 1 is 1.24 bits per heavy atom. The number of nitrogens with one attached hydrogen (secondary N) is 1. The van der Waals surface area contributed by atoms with E-state index in [2.05, 4.69) is 32.6 Å². The van der Waals surface area contributed by atoms with Crippen molar-refractivity contribution in [3.8, 4) is 0 Å². The predicted molar refractivity (Wildman–Crippen MR) is 86.6 cm³/mol. The van der Waals surface area contributed by atoms with Gasteiger partial charge >= 0.3 is 0 Å². The number of piperidine rings is 1. The van der Waals surface area contributed by atoms with Gasteiger partial charge in [0.15, 0.2) is 0 Å². The van der Waals surface area contributed by atoms with E-state index in [1.165, 1.54) is 12.8 Å². The van der Waals surface area contributed by atoms with Gasteiger partial charge in [-0.25, -0.2) is 13.1 Å².